The van der Waals surface area contributed by atoms with E-state index >= 15 is 0 Å². The maximum atomic E-state index is 12.0. The van der Waals surface area contributed by atoms with Gasteiger partial charge < -0.3 is 20.1 Å². The molecule has 0 atom stereocenters. The topological polar surface area (TPSA) is 93.7 Å². The van der Waals surface area contributed by atoms with Crippen LogP contribution in [0.2, 0.25) is 0 Å². The van der Waals surface area contributed by atoms with Crippen molar-refractivity contribution in [2.24, 2.45) is 0 Å². The second-order valence-corrected chi connectivity index (χ2v) is 6.30. The lowest BCUT2D eigenvalue weighted by Crippen LogP contribution is -2.21. The zero-order chi connectivity index (χ0) is 20.5. The van der Waals surface area contributed by atoms with Crippen molar-refractivity contribution in [1.82, 2.24) is 0 Å². The molecular weight excluding hydrogens is 360 g/mol. The average Bonchev–Trinajstić information content (AvgIpc) is 2.68. The second-order valence-electron chi connectivity index (χ2n) is 6.30. The Labute approximate surface area is 164 Å². The van der Waals surface area contributed by atoms with Gasteiger partial charge in [-0.05, 0) is 55.3 Å². The lowest BCUT2D eigenvalue weighted by atomic mass is 10.1. The van der Waals surface area contributed by atoms with Crippen LogP contribution in [0.1, 0.15) is 24.0 Å². The van der Waals surface area contributed by atoms with E-state index in [0.29, 0.717) is 11.4 Å². The Morgan fingerprint density at radius 3 is 2.29 bits per heavy atom. The molecule has 0 saturated carbocycles. The highest BCUT2D eigenvalue weighted by atomic mass is 16.5. The van der Waals surface area contributed by atoms with Crippen LogP contribution in [0.3, 0.4) is 0 Å². The molecule has 0 aliphatic heterocycles. The van der Waals surface area contributed by atoms with Crippen molar-refractivity contribution in [1.29, 1.82) is 0 Å². The summed E-state index contributed by atoms with van der Waals surface area (Å²) in [7, 11) is 1.55. The number of hydrogen-bond donors (Lipinski definition) is 2. The van der Waals surface area contributed by atoms with E-state index in [-0.39, 0.29) is 18.7 Å². The van der Waals surface area contributed by atoms with Gasteiger partial charge in [0.25, 0.3) is 5.91 Å². The summed E-state index contributed by atoms with van der Waals surface area (Å²) in [5, 5.41) is 5.38. The van der Waals surface area contributed by atoms with Gasteiger partial charge in [0.15, 0.2) is 6.61 Å². The van der Waals surface area contributed by atoms with Crippen LogP contribution in [0.4, 0.5) is 11.4 Å². The predicted molar refractivity (Wildman–Crippen MR) is 106 cm³/mol. The largest absolute Gasteiger partial charge is 0.497 e. The number of carbonyl (C=O) groups is 3. The number of anilines is 2. The maximum absolute atomic E-state index is 12.0. The van der Waals surface area contributed by atoms with E-state index in [1.165, 1.54) is 0 Å². The van der Waals surface area contributed by atoms with Crippen LogP contribution in [-0.2, 0) is 19.1 Å². The maximum Gasteiger partial charge on any atom is 0.306 e. The monoisotopic (exact) mass is 384 g/mol. The first-order chi connectivity index (χ1) is 13.4. The van der Waals surface area contributed by atoms with Gasteiger partial charge in [0, 0.05) is 17.8 Å². The number of nitrogens with one attached hydrogen (secondary N) is 2. The molecule has 0 saturated heterocycles. The summed E-state index contributed by atoms with van der Waals surface area (Å²) in [6.07, 6.45) is -0.126. The Hall–Kier alpha value is -3.35. The Bertz CT molecular complexity index is 846. The Morgan fingerprint density at radius 2 is 1.61 bits per heavy atom. The van der Waals surface area contributed by atoms with Gasteiger partial charge in [-0.2, -0.15) is 0 Å². The number of rotatable bonds is 8. The third kappa shape index (κ3) is 6.75. The lowest BCUT2D eigenvalue weighted by Gasteiger charge is -2.09. The SMILES string of the molecule is COc1ccc(NC(=O)COC(=O)CCC(=O)Nc2cc(C)ccc2C)cc1. The van der Waals surface area contributed by atoms with Crippen LogP contribution in [0.5, 0.6) is 5.75 Å². The van der Waals surface area contributed by atoms with Crippen LogP contribution < -0.4 is 15.4 Å². The molecule has 0 bridgehead atoms. The minimum Gasteiger partial charge on any atom is -0.497 e. The molecule has 28 heavy (non-hydrogen) atoms. The zero-order valence-corrected chi connectivity index (χ0v) is 16.2. The van der Waals surface area contributed by atoms with Gasteiger partial charge in [-0.15, -0.1) is 0 Å². The van der Waals surface area contributed by atoms with E-state index in [0.717, 1.165) is 16.8 Å². The molecule has 0 unspecified atom stereocenters. The fourth-order valence-corrected chi connectivity index (χ4v) is 2.39. The van der Waals surface area contributed by atoms with Crippen molar-refractivity contribution in [3.8, 4) is 5.75 Å². The summed E-state index contributed by atoms with van der Waals surface area (Å²) < 4.78 is 9.94. The normalized spacial score (nSPS) is 10.1. The van der Waals surface area contributed by atoms with Gasteiger partial charge in [-0.3, -0.25) is 14.4 Å². The van der Waals surface area contributed by atoms with Crippen molar-refractivity contribution in [3.63, 3.8) is 0 Å². The predicted octanol–water partition coefficient (Wildman–Crippen LogP) is 3.21. The number of carbonyl (C=O) groups excluding carboxylic acids is 3. The van der Waals surface area contributed by atoms with E-state index in [1.54, 1.807) is 31.4 Å². The molecule has 0 radical (unpaired) electrons. The molecule has 2 amide bonds. The van der Waals surface area contributed by atoms with Crippen molar-refractivity contribution >= 4 is 29.2 Å². The van der Waals surface area contributed by atoms with Crippen molar-refractivity contribution < 1.29 is 23.9 Å². The fraction of sp³-hybridized carbons (Fsp3) is 0.286. The zero-order valence-electron chi connectivity index (χ0n) is 16.2. The molecule has 0 fully saturated rings. The molecule has 148 valence electrons. The third-order valence-electron chi connectivity index (χ3n) is 3.96. The molecule has 2 N–H and O–H groups in total. The van der Waals surface area contributed by atoms with E-state index in [2.05, 4.69) is 10.6 Å². The Balaban J connectivity index is 1.70. The minimum atomic E-state index is -0.610. The van der Waals surface area contributed by atoms with Crippen molar-refractivity contribution in [3.05, 3.63) is 53.6 Å². The van der Waals surface area contributed by atoms with Gasteiger partial charge in [0.2, 0.25) is 5.91 Å². The Kier molecular flexibility index (Phi) is 7.56. The molecule has 2 aromatic rings. The standard InChI is InChI=1S/C21H24N2O5/c1-14-4-5-15(2)18(12-14)23-19(24)10-11-21(26)28-13-20(25)22-16-6-8-17(27-3)9-7-16/h4-9,12H,10-11,13H2,1-3H3,(H,22,25)(H,23,24). The lowest BCUT2D eigenvalue weighted by molar-refractivity contribution is -0.147. The van der Waals surface area contributed by atoms with Crippen LogP contribution in [0.25, 0.3) is 0 Å². The van der Waals surface area contributed by atoms with Crippen LogP contribution in [0, 0.1) is 13.8 Å². The fourth-order valence-electron chi connectivity index (χ4n) is 2.39. The highest BCUT2D eigenvalue weighted by molar-refractivity contribution is 5.94. The summed E-state index contributed by atoms with van der Waals surface area (Å²) in [4.78, 5) is 35.6. The van der Waals surface area contributed by atoms with Gasteiger partial charge in [0.1, 0.15) is 5.75 Å². The van der Waals surface area contributed by atoms with Crippen molar-refractivity contribution in [2.45, 2.75) is 26.7 Å². The number of esters is 1. The minimum absolute atomic E-state index is 0.0215. The van der Waals surface area contributed by atoms with Gasteiger partial charge in [0.05, 0.1) is 13.5 Å². The number of ether oxygens (including phenoxy) is 2. The molecule has 0 aliphatic carbocycles. The van der Waals surface area contributed by atoms with E-state index in [1.807, 2.05) is 32.0 Å². The number of hydrogen-bond acceptors (Lipinski definition) is 5. The number of benzene rings is 2. The van der Waals surface area contributed by atoms with Crippen LogP contribution in [0.15, 0.2) is 42.5 Å². The van der Waals surface area contributed by atoms with Gasteiger partial charge in [-0.1, -0.05) is 12.1 Å². The highest BCUT2D eigenvalue weighted by Crippen LogP contribution is 2.17. The van der Waals surface area contributed by atoms with E-state index in [4.69, 9.17) is 9.47 Å². The van der Waals surface area contributed by atoms with Gasteiger partial charge >= 0.3 is 5.97 Å². The summed E-state index contributed by atoms with van der Waals surface area (Å²) in [5.41, 5.74) is 3.26. The second kappa shape index (κ2) is 10.1. The molecule has 0 spiro atoms. The van der Waals surface area contributed by atoms with Gasteiger partial charge in [-0.25, -0.2) is 0 Å². The average molecular weight is 384 g/mol. The summed E-state index contributed by atoms with van der Waals surface area (Å²) in [6.45, 7) is 3.41. The molecule has 7 heteroatoms. The number of amides is 2. The summed E-state index contributed by atoms with van der Waals surface area (Å²) in [6, 6.07) is 12.5. The molecule has 7 nitrogen and oxygen atoms in total. The Morgan fingerprint density at radius 1 is 0.893 bits per heavy atom. The van der Waals surface area contributed by atoms with E-state index in [9.17, 15) is 14.4 Å². The molecule has 0 aliphatic rings. The van der Waals surface area contributed by atoms with Crippen LogP contribution in [-0.4, -0.2) is 31.5 Å². The number of aryl methyl sites for hydroxylation is 2. The first-order valence-corrected chi connectivity index (χ1v) is 8.84. The van der Waals surface area contributed by atoms with Crippen LogP contribution >= 0.6 is 0 Å². The molecule has 2 rings (SSSR count). The first-order valence-electron chi connectivity index (χ1n) is 8.84. The van der Waals surface area contributed by atoms with E-state index < -0.39 is 18.5 Å². The number of methoxy groups -OCH3 is 1. The molecule has 0 heterocycles. The third-order valence-corrected chi connectivity index (χ3v) is 3.96. The summed E-state index contributed by atoms with van der Waals surface area (Å²) in [5.74, 6) is -0.684. The first kappa shape index (κ1) is 21.0. The highest BCUT2D eigenvalue weighted by Gasteiger charge is 2.12. The molecular formula is C21H24N2O5. The summed E-state index contributed by atoms with van der Waals surface area (Å²) >= 11 is 0. The van der Waals surface area contributed by atoms with Crippen molar-refractivity contribution in [2.75, 3.05) is 24.4 Å². The smallest absolute Gasteiger partial charge is 0.306 e. The quantitative estimate of drug-likeness (QED) is 0.682. The molecule has 2 aromatic carbocycles. The molecule has 0 aromatic heterocycles.